The van der Waals surface area contributed by atoms with Crippen LogP contribution in [0.5, 0.6) is 5.75 Å². The number of aromatic hydroxyl groups is 1. The van der Waals surface area contributed by atoms with Crippen molar-refractivity contribution in [3.63, 3.8) is 0 Å². The van der Waals surface area contributed by atoms with Gasteiger partial charge in [-0.05, 0) is 25.5 Å². The fourth-order valence-electron chi connectivity index (χ4n) is 11.7. The minimum atomic E-state index is -3.48. The summed E-state index contributed by atoms with van der Waals surface area (Å²) in [5.74, 6) is 3.71. The average Bonchev–Trinajstić information content (AvgIpc) is 3.99. The first-order valence-corrected chi connectivity index (χ1v) is 33.3. The first-order valence-electron chi connectivity index (χ1n) is 26.5. The predicted molar refractivity (Wildman–Crippen MR) is 285 cm³/mol. The summed E-state index contributed by atoms with van der Waals surface area (Å²) in [6.07, 6.45) is 3.82. The standard InChI is InChI=1S/C41H50N5O6.C15H21N2O3.CH3.In/c1-7-45-36-13-12-27-21-31(36)32(38(45)30-10-8-14-42-35(30)23-51-6)22-41(4,5)24-52-40(50)33-11-9-15-46(44-33)39(49)34(43-37(48)16-25(2)3)19-26-17-28(27)20-29(47)18-26;1-12-10-20-11-13(2)17(12)6-3-4-15(19)16-7-5-14(8-16)9-18;;/h8,10,12-14,16-18,20-21,25,33-34,44,47H,7,9,11,15,19,22-24H2,1-6H3,(H,43,48);12-14H,5-8,10-11H2,1-2H3;1H3;/t33-,34-;12-,13+,14-;;/m00../s1. The Labute approximate surface area is 443 Å². The zero-order valence-electron chi connectivity index (χ0n) is 44.7. The molecule has 17 heteroatoms. The normalized spacial score (nSPS) is 22.9. The number of hydrazine groups is 1. The van der Waals surface area contributed by atoms with E-state index in [-0.39, 0.29) is 64.6 Å². The first-order chi connectivity index (χ1) is 35.4. The van der Waals surface area contributed by atoms with Crippen molar-refractivity contribution < 1.29 is 43.3 Å². The van der Waals surface area contributed by atoms with Gasteiger partial charge in [0.15, 0.2) is 0 Å². The summed E-state index contributed by atoms with van der Waals surface area (Å²) in [6, 6.07) is 14.0. The van der Waals surface area contributed by atoms with E-state index in [4.69, 9.17) is 19.2 Å². The SMILES string of the molecule is CCn1c(-c2cccnc2COC)c2c3cc(ccc31)-c1cc(O)cc(c1)C[C@H](NC(=O)[C@H](C(C)C)[In]([CH3])[C](=O)[C@H]1CCN(C(=O)C#CCN3[C@H](C)COC[C@@H]3C)C1)C(=O)N1CCC[C@H](N1)C(=O)OCC(C)(C)C2. The quantitative estimate of drug-likeness (QED) is 0.116. The fourth-order valence-corrected chi connectivity index (χ4v) is 20.4. The molecule has 8 rings (SSSR count). The van der Waals surface area contributed by atoms with E-state index < -0.39 is 54.5 Å². The second kappa shape index (κ2) is 23.7. The number of hydrogen-bond donors (Lipinski definition) is 3. The molecule has 0 radical (unpaired) electrons. The van der Waals surface area contributed by atoms with Gasteiger partial charge in [-0.2, -0.15) is 0 Å². The third kappa shape index (κ3) is 12.2. The Hall–Kier alpha value is -5.25. The van der Waals surface area contributed by atoms with Crippen LogP contribution in [0.1, 0.15) is 84.5 Å². The van der Waals surface area contributed by atoms with Gasteiger partial charge in [-0.3, -0.25) is 4.98 Å². The third-order valence-corrected chi connectivity index (χ3v) is 25.5. The van der Waals surface area contributed by atoms with E-state index in [0.717, 1.165) is 44.5 Å². The van der Waals surface area contributed by atoms with E-state index in [1.165, 1.54) is 5.01 Å². The van der Waals surface area contributed by atoms with Gasteiger partial charge in [-0.15, -0.1) is 0 Å². The number of methoxy groups -OCH3 is 1. The van der Waals surface area contributed by atoms with Gasteiger partial charge >= 0.3 is 349 Å². The van der Waals surface area contributed by atoms with E-state index in [1.54, 1.807) is 30.3 Å². The average molecular weight is 1120 g/mol. The second-order valence-electron chi connectivity index (χ2n) is 22.1. The maximum absolute atomic E-state index is 14.9. The first kappa shape index (κ1) is 55.0. The number of phenols is 1. The summed E-state index contributed by atoms with van der Waals surface area (Å²) in [6.45, 7) is 18.1. The number of carbonyl (C=O) groups excluding carboxylic acids is 5. The number of carbonyl (C=O) groups is 5. The molecular weight excluding hydrogens is 1040 g/mol. The molecule has 6 bridgehead atoms. The second-order valence-corrected chi connectivity index (χ2v) is 30.2. The molecule has 4 aromatic rings. The number of hydrogen-bond acceptors (Lipinski definition) is 12. The van der Waals surface area contributed by atoms with E-state index >= 15 is 0 Å². The van der Waals surface area contributed by atoms with Crippen LogP contribution in [-0.4, -0.2) is 155 Å². The van der Waals surface area contributed by atoms with Crippen molar-refractivity contribution in [2.75, 3.05) is 53.1 Å². The number of nitrogens with one attached hydrogen (secondary N) is 2. The number of esters is 1. The number of ether oxygens (including phenoxy) is 3. The number of amides is 3. The molecule has 394 valence electrons. The Balaban J connectivity index is 1.09. The number of benzene rings is 2. The van der Waals surface area contributed by atoms with Crippen molar-refractivity contribution in [1.29, 1.82) is 0 Å². The number of likely N-dealkylation sites (tertiary alicyclic amines) is 1. The van der Waals surface area contributed by atoms with E-state index in [2.05, 4.69) is 84.9 Å². The molecule has 0 spiro atoms. The summed E-state index contributed by atoms with van der Waals surface area (Å²) in [5.41, 5.74) is 9.65. The van der Waals surface area contributed by atoms with Crippen molar-refractivity contribution >= 4 is 59.6 Å². The number of morpholine rings is 1. The molecule has 3 amide bonds. The molecule has 0 aliphatic carbocycles. The number of aryl methyl sites for hydroxylation is 1. The number of nitrogens with zero attached hydrogens (tertiary/aromatic N) is 5. The number of pyridine rings is 1. The van der Waals surface area contributed by atoms with Crippen LogP contribution in [0.4, 0.5) is 0 Å². The van der Waals surface area contributed by atoms with Gasteiger partial charge < -0.3 is 9.30 Å². The van der Waals surface area contributed by atoms with Gasteiger partial charge in [0.1, 0.15) is 0 Å². The number of rotatable bonds is 11. The van der Waals surface area contributed by atoms with Gasteiger partial charge in [0, 0.05) is 25.4 Å². The fraction of sp³-hybridized carbons (Fsp3) is 0.544. The monoisotopic (exact) mass is 1120 g/mol. The Morgan fingerprint density at radius 2 is 1.81 bits per heavy atom. The number of cyclic esters (lactones) is 1. The molecular formula is C57H74InN7O9. The third-order valence-electron chi connectivity index (χ3n) is 15.5. The van der Waals surface area contributed by atoms with E-state index in [0.29, 0.717) is 77.2 Å². The Morgan fingerprint density at radius 1 is 1.04 bits per heavy atom. The van der Waals surface area contributed by atoms with Gasteiger partial charge in [0.2, 0.25) is 0 Å². The van der Waals surface area contributed by atoms with Crippen LogP contribution in [0.2, 0.25) is 8.35 Å². The molecule has 3 saturated heterocycles. The molecule has 2 aromatic carbocycles. The summed E-state index contributed by atoms with van der Waals surface area (Å²) in [4.78, 5) is 80.0. The van der Waals surface area contributed by atoms with Crippen LogP contribution in [0.3, 0.4) is 0 Å². The molecule has 4 aliphatic heterocycles. The smallest absolute Gasteiger partial charge is 0.0563 e. The van der Waals surface area contributed by atoms with Gasteiger partial charge in [-0.25, -0.2) is 0 Å². The molecule has 0 saturated carbocycles. The van der Waals surface area contributed by atoms with Crippen LogP contribution < -0.4 is 10.7 Å². The van der Waals surface area contributed by atoms with Crippen molar-refractivity contribution in [2.45, 2.75) is 126 Å². The zero-order valence-corrected chi connectivity index (χ0v) is 48.0. The molecule has 3 N–H and O–H groups in total. The van der Waals surface area contributed by atoms with E-state index in [9.17, 15) is 29.1 Å². The molecule has 2 aromatic heterocycles. The summed E-state index contributed by atoms with van der Waals surface area (Å²) < 4.78 is 21.1. The Bertz CT molecular complexity index is 2810. The summed E-state index contributed by atoms with van der Waals surface area (Å²) >= 11 is -3.48. The molecule has 4 aliphatic rings. The van der Waals surface area contributed by atoms with Gasteiger partial charge in [-0.1, -0.05) is 13.8 Å². The summed E-state index contributed by atoms with van der Waals surface area (Å²) in [5, 5.41) is 17.0. The van der Waals surface area contributed by atoms with Gasteiger partial charge in [0.25, 0.3) is 0 Å². The van der Waals surface area contributed by atoms with Crippen LogP contribution in [0, 0.1) is 29.1 Å². The number of aromatic nitrogens is 2. The molecule has 74 heavy (non-hydrogen) atoms. The molecule has 6 atom stereocenters. The van der Waals surface area contributed by atoms with Crippen molar-refractivity contribution in [1.82, 2.24) is 35.1 Å². The minimum Gasteiger partial charge on any atom is -0.0563 e. The van der Waals surface area contributed by atoms with Crippen LogP contribution >= 0.6 is 0 Å². The number of phenolic OH excluding ortho intramolecular Hbond substituents is 1. The minimum absolute atomic E-state index is 0.00280. The molecule has 3 fully saturated rings. The topological polar surface area (TPSA) is 185 Å². The van der Waals surface area contributed by atoms with Crippen LogP contribution in [0.15, 0.2) is 54.7 Å². The molecule has 0 unspecified atom stereocenters. The number of fused-ring (bicyclic) bond motifs is 6. The van der Waals surface area contributed by atoms with Crippen LogP contribution in [-0.2, 0) is 64.2 Å². The Morgan fingerprint density at radius 3 is 2.54 bits per heavy atom. The van der Waals surface area contributed by atoms with Crippen molar-refractivity contribution in [3.8, 4) is 40.0 Å². The Kier molecular flexibility index (Phi) is 17.6. The van der Waals surface area contributed by atoms with E-state index in [1.807, 2.05) is 36.7 Å². The predicted octanol–water partition coefficient (Wildman–Crippen LogP) is 6.11. The van der Waals surface area contributed by atoms with Crippen LogP contribution in [0.25, 0.3) is 33.3 Å². The summed E-state index contributed by atoms with van der Waals surface area (Å²) in [7, 11) is 1.66. The molecule has 6 heterocycles. The maximum atomic E-state index is 14.9. The van der Waals surface area contributed by atoms with Crippen molar-refractivity contribution in [3.05, 3.63) is 71.5 Å². The molecule has 16 nitrogen and oxygen atoms in total. The van der Waals surface area contributed by atoms with Crippen molar-refractivity contribution in [2.24, 2.45) is 17.3 Å². The zero-order chi connectivity index (χ0) is 53.0. The van der Waals surface area contributed by atoms with Gasteiger partial charge in [0.05, 0.1) is 18.0 Å².